The van der Waals surface area contributed by atoms with E-state index in [1.807, 2.05) is 19.1 Å². The first-order chi connectivity index (χ1) is 31.3. The highest BCUT2D eigenvalue weighted by molar-refractivity contribution is 6.32. The van der Waals surface area contributed by atoms with Gasteiger partial charge in [-0.1, -0.05) is 61.7 Å². The summed E-state index contributed by atoms with van der Waals surface area (Å²) in [4.78, 5) is 53.6. The molecule has 1 saturated carbocycles. The highest BCUT2D eigenvalue weighted by atomic mass is 35.5. The van der Waals surface area contributed by atoms with Crippen molar-refractivity contribution in [1.29, 1.82) is 0 Å². The summed E-state index contributed by atoms with van der Waals surface area (Å²) < 4.78 is 42.8. The first kappa shape index (κ1) is 48.2. The molecule has 0 aromatic heterocycles. The Labute approximate surface area is 388 Å². The number of hydrogen-bond acceptors (Lipinski definition) is 15. The number of ether oxygens (including phenoxy) is 7. The Morgan fingerprint density at radius 2 is 1.64 bits per heavy atom. The van der Waals surface area contributed by atoms with Gasteiger partial charge in [-0.15, -0.1) is 0 Å². The molecule has 360 valence electrons. The number of hydrogen-bond donors (Lipinski definition) is 5. The number of aliphatic carboxylic acids is 1. The molecule has 1 aromatic carbocycles. The van der Waals surface area contributed by atoms with Crippen molar-refractivity contribution in [3.05, 3.63) is 75.8 Å². The normalized spacial score (nSPS) is 40.9. The topological polar surface area (TPSA) is 234 Å². The molecule has 17 heteroatoms. The van der Waals surface area contributed by atoms with E-state index in [1.165, 1.54) is 18.2 Å². The molecule has 0 amide bonds. The molecule has 1 spiro atoms. The van der Waals surface area contributed by atoms with Crippen LogP contribution in [0.15, 0.2) is 59.6 Å². The maximum absolute atomic E-state index is 14.7. The maximum Gasteiger partial charge on any atom is 0.379 e. The number of allylic oxidation sites excluding steroid dienone is 2. The van der Waals surface area contributed by atoms with Crippen molar-refractivity contribution in [2.45, 2.75) is 160 Å². The fourth-order valence-electron chi connectivity index (χ4n) is 11.5. The summed E-state index contributed by atoms with van der Waals surface area (Å²) >= 11 is 6.19. The first-order valence-electron chi connectivity index (χ1n) is 23.2. The van der Waals surface area contributed by atoms with Crippen LogP contribution in [-0.4, -0.2) is 110 Å². The molecule has 2 bridgehead atoms. The number of esters is 3. The standard InChI is InChI=1S/C49H61ClO16/c1-23-22-49-28(19-30(23)44(55)56)12-9-7-6-8-11-27-15-16-29-31(48(27,5)47(59)65-42(43(49)54)46(58)66-49)13-10-14-35(29)62-37-20-34(52)41(26(4)61-37)64-38-21-36(40(53)25(3)60-38)63-45(57)39-24(2)32(50)17-18-33(39)51/h9,12,15-19,23,25-29,31,34-38,40-41,51-54H,6-8,10-11,13-14,20-22H2,1-5H3,(H,55,56)/b12-9-/t23-,25-,26-,27-,28-,29+,31-,34-,35+,36-,37+,38+,40-,41-,48-,49-/m1/s1. The van der Waals surface area contributed by atoms with Crippen LogP contribution in [0.5, 0.6) is 5.75 Å². The Morgan fingerprint density at radius 1 is 0.894 bits per heavy atom. The van der Waals surface area contributed by atoms with Gasteiger partial charge in [-0.05, 0) is 95.2 Å². The lowest BCUT2D eigenvalue weighted by molar-refractivity contribution is -0.318. The van der Waals surface area contributed by atoms with Crippen molar-refractivity contribution in [2.75, 3.05) is 0 Å². The van der Waals surface area contributed by atoms with Gasteiger partial charge in [-0.25, -0.2) is 14.4 Å². The van der Waals surface area contributed by atoms with Gasteiger partial charge < -0.3 is 58.7 Å². The average molecular weight is 941 g/mol. The summed E-state index contributed by atoms with van der Waals surface area (Å²) in [5.41, 5.74) is -2.41. The molecule has 16 nitrogen and oxygen atoms in total. The van der Waals surface area contributed by atoms with Crippen LogP contribution in [0.4, 0.5) is 0 Å². The quantitative estimate of drug-likeness (QED) is 0.109. The van der Waals surface area contributed by atoms with Crippen molar-refractivity contribution in [2.24, 2.45) is 35.0 Å². The SMILES string of the molecule is Cc1c(Cl)ccc(O)c1C(=O)O[C@@H]1C[C@H](O[C@H]2[C@H](O)C[C@H](O[C@H]3CCC[C@@H]4[C@@H]3C=C[C@H]3CCCC/C=C\[C@@H]5C=C(C(=O)O)[C@H](C)C[C@@]56OC(=O)C(=C6O)OC(=O)[C@@]43C)O[C@@H]2C)O[C@H](C)[C@H]1O. The van der Waals surface area contributed by atoms with Gasteiger partial charge in [0, 0.05) is 41.7 Å². The van der Waals surface area contributed by atoms with Crippen molar-refractivity contribution < 1.29 is 77.9 Å². The number of aliphatic hydroxyl groups excluding tert-OH is 3. The van der Waals surface area contributed by atoms with Crippen LogP contribution in [0.25, 0.3) is 0 Å². The van der Waals surface area contributed by atoms with Crippen LogP contribution in [0.2, 0.25) is 5.02 Å². The highest BCUT2D eigenvalue weighted by Crippen LogP contribution is 2.55. The highest BCUT2D eigenvalue weighted by Gasteiger charge is 2.60. The lowest BCUT2D eigenvalue weighted by Crippen LogP contribution is -2.56. The second-order valence-corrected chi connectivity index (χ2v) is 19.8. The second-order valence-electron chi connectivity index (χ2n) is 19.4. The number of carboxylic acids is 1. The van der Waals surface area contributed by atoms with E-state index in [0.29, 0.717) is 37.7 Å². The number of aromatic hydroxyl groups is 1. The first-order valence-corrected chi connectivity index (χ1v) is 23.6. The van der Waals surface area contributed by atoms with Gasteiger partial charge in [-0.2, -0.15) is 0 Å². The van der Waals surface area contributed by atoms with E-state index >= 15 is 0 Å². The molecule has 5 N–H and O–H groups in total. The van der Waals surface area contributed by atoms with E-state index in [2.05, 4.69) is 6.08 Å². The minimum atomic E-state index is -1.62. The lowest BCUT2D eigenvalue weighted by Gasteiger charge is -2.51. The Bertz CT molecular complexity index is 2190. The zero-order chi connectivity index (χ0) is 47.4. The molecule has 3 fully saturated rings. The minimum Gasteiger partial charge on any atom is -0.507 e. The molecular formula is C49H61ClO16. The number of aliphatic hydroxyl groups is 3. The molecule has 4 aliphatic heterocycles. The van der Waals surface area contributed by atoms with Gasteiger partial charge in [0.1, 0.15) is 29.6 Å². The summed E-state index contributed by atoms with van der Waals surface area (Å²) in [6.07, 6.45) is 6.18. The van der Waals surface area contributed by atoms with Gasteiger partial charge >= 0.3 is 23.9 Å². The number of carbonyl (C=O) groups is 4. The zero-order valence-corrected chi connectivity index (χ0v) is 38.6. The average Bonchev–Trinajstić information content (AvgIpc) is 3.48. The number of phenols is 1. The predicted octanol–water partition coefficient (Wildman–Crippen LogP) is 6.66. The Morgan fingerprint density at radius 3 is 2.38 bits per heavy atom. The zero-order valence-electron chi connectivity index (χ0n) is 37.8. The van der Waals surface area contributed by atoms with Crippen LogP contribution in [0, 0.1) is 41.9 Å². The minimum absolute atomic E-state index is 0.0120. The molecule has 0 radical (unpaired) electrons. The molecule has 8 rings (SSSR count). The largest absolute Gasteiger partial charge is 0.507 e. The Hall–Kier alpha value is -4.29. The van der Waals surface area contributed by atoms with Gasteiger partial charge in [0.15, 0.2) is 23.9 Å². The summed E-state index contributed by atoms with van der Waals surface area (Å²) in [6.45, 7) is 8.47. The summed E-state index contributed by atoms with van der Waals surface area (Å²) in [7, 11) is 0. The number of carboxylic acid groups (broad SMARTS) is 1. The smallest absolute Gasteiger partial charge is 0.379 e. The third kappa shape index (κ3) is 8.83. The molecule has 1 aromatic rings. The molecule has 4 heterocycles. The van der Waals surface area contributed by atoms with E-state index in [1.54, 1.807) is 33.8 Å². The molecule has 16 atom stereocenters. The van der Waals surface area contributed by atoms with Gasteiger partial charge in [0.2, 0.25) is 0 Å². The summed E-state index contributed by atoms with van der Waals surface area (Å²) in [5.74, 6) is -7.22. The molecule has 7 aliphatic rings. The molecular weight excluding hydrogens is 880 g/mol. The van der Waals surface area contributed by atoms with Crippen molar-refractivity contribution in [1.82, 2.24) is 0 Å². The molecule has 66 heavy (non-hydrogen) atoms. The molecule has 2 saturated heterocycles. The second kappa shape index (κ2) is 19.0. The van der Waals surface area contributed by atoms with E-state index in [9.17, 15) is 44.7 Å². The van der Waals surface area contributed by atoms with Gasteiger partial charge in [-0.3, -0.25) is 4.79 Å². The van der Waals surface area contributed by atoms with Crippen molar-refractivity contribution >= 4 is 35.5 Å². The van der Waals surface area contributed by atoms with E-state index in [4.69, 9.17) is 44.8 Å². The van der Waals surface area contributed by atoms with Crippen LogP contribution >= 0.6 is 11.6 Å². The third-order valence-corrected chi connectivity index (χ3v) is 15.7. The Balaban J connectivity index is 0.954. The number of phenolic OH excluding ortho intramolecular Hbond substituents is 1. The number of halogens is 1. The van der Waals surface area contributed by atoms with E-state index in [0.717, 1.165) is 12.8 Å². The number of benzene rings is 1. The van der Waals surface area contributed by atoms with Crippen molar-refractivity contribution in [3.8, 4) is 5.75 Å². The van der Waals surface area contributed by atoms with Crippen LogP contribution in [0.1, 0.15) is 108 Å². The lowest BCUT2D eigenvalue weighted by atomic mass is 9.55. The van der Waals surface area contributed by atoms with Crippen LogP contribution in [-0.2, 0) is 47.5 Å². The molecule has 0 unspecified atom stereocenters. The monoisotopic (exact) mass is 940 g/mol. The van der Waals surface area contributed by atoms with Crippen molar-refractivity contribution in [3.63, 3.8) is 0 Å². The number of carbonyl (C=O) groups excluding carboxylic acids is 3. The summed E-state index contributed by atoms with van der Waals surface area (Å²) in [6, 6.07) is 2.75. The molecule has 3 aliphatic carbocycles. The number of rotatable bonds is 7. The number of fused-ring (bicyclic) bond motifs is 3. The van der Waals surface area contributed by atoms with Gasteiger partial charge in [0.25, 0.3) is 5.76 Å². The van der Waals surface area contributed by atoms with E-state index in [-0.39, 0.29) is 58.9 Å². The van der Waals surface area contributed by atoms with E-state index < -0.39 is 114 Å². The fourth-order valence-corrected chi connectivity index (χ4v) is 11.7. The van der Waals surface area contributed by atoms with Gasteiger partial charge in [0.05, 0.1) is 29.8 Å². The maximum atomic E-state index is 14.7. The predicted molar refractivity (Wildman–Crippen MR) is 233 cm³/mol. The van der Waals surface area contributed by atoms with Crippen LogP contribution in [0.3, 0.4) is 0 Å². The summed E-state index contributed by atoms with van der Waals surface area (Å²) in [5, 5.41) is 54.7. The van der Waals surface area contributed by atoms with Crippen LogP contribution < -0.4 is 0 Å². The third-order valence-electron chi connectivity index (χ3n) is 15.2. The fraction of sp³-hybridized carbons (Fsp3) is 0.633. The Kier molecular flexibility index (Phi) is 13.9.